The first-order chi connectivity index (χ1) is 6.19. The van der Waals surface area contributed by atoms with Gasteiger partial charge in [-0.15, -0.1) is 0 Å². The van der Waals surface area contributed by atoms with E-state index >= 15 is 0 Å². The summed E-state index contributed by atoms with van der Waals surface area (Å²) in [4.78, 5) is 0. The highest BCUT2D eigenvalue weighted by Gasteiger charge is 2.03. The molecule has 13 heavy (non-hydrogen) atoms. The minimum Gasteiger partial charge on any atom is -0.508 e. The third kappa shape index (κ3) is 2.11. The Labute approximate surface area is 79.7 Å². The molecule has 1 aromatic carbocycles. The van der Waals surface area contributed by atoms with Crippen molar-refractivity contribution >= 4 is 6.08 Å². The normalized spacial score (nSPS) is 11.0. The topological polar surface area (TPSA) is 20.2 Å². The van der Waals surface area contributed by atoms with Gasteiger partial charge in [-0.25, -0.2) is 0 Å². The summed E-state index contributed by atoms with van der Waals surface area (Å²) < 4.78 is 0. The van der Waals surface area contributed by atoms with E-state index in [-0.39, 0.29) is 0 Å². The van der Waals surface area contributed by atoms with Crippen LogP contribution in [-0.4, -0.2) is 5.11 Å². The van der Waals surface area contributed by atoms with E-state index in [0.29, 0.717) is 5.75 Å². The highest BCUT2D eigenvalue weighted by Crippen LogP contribution is 2.22. The molecule has 0 unspecified atom stereocenters. The van der Waals surface area contributed by atoms with Gasteiger partial charge in [-0.1, -0.05) is 19.1 Å². The van der Waals surface area contributed by atoms with E-state index in [1.54, 1.807) is 0 Å². The van der Waals surface area contributed by atoms with E-state index in [1.165, 1.54) is 5.56 Å². The molecule has 0 saturated carbocycles. The summed E-state index contributed by atoms with van der Waals surface area (Å²) in [6, 6.07) is 3.62. The van der Waals surface area contributed by atoms with Crippen LogP contribution in [0.3, 0.4) is 0 Å². The van der Waals surface area contributed by atoms with Crippen molar-refractivity contribution in [2.75, 3.05) is 0 Å². The van der Waals surface area contributed by atoms with Crippen molar-refractivity contribution in [3.8, 4) is 5.75 Å². The van der Waals surface area contributed by atoms with Crippen LogP contribution in [0.5, 0.6) is 5.75 Å². The highest BCUT2D eigenvalue weighted by molar-refractivity contribution is 5.58. The lowest BCUT2D eigenvalue weighted by Crippen LogP contribution is -1.90. The number of hydrogen-bond acceptors (Lipinski definition) is 1. The van der Waals surface area contributed by atoms with Crippen LogP contribution in [0.25, 0.3) is 6.08 Å². The molecule has 0 bridgehead atoms. The van der Waals surface area contributed by atoms with Gasteiger partial charge in [0.1, 0.15) is 5.75 Å². The van der Waals surface area contributed by atoms with Gasteiger partial charge in [0.2, 0.25) is 0 Å². The Bertz CT molecular complexity index is 324. The van der Waals surface area contributed by atoms with Crippen molar-refractivity contribution in [3.05, 3.63) is 34.9 Å². The van der Waals surface area contributed by atoms with Crippen LogP contribution in [0, 0.1) is 6.92 Å². The van der Waals surface area contributed by atoms with Gasteiger partial charge in [0.25, 0.3) is 0 Å². The zero-order valence-electron chi connectivity index (χ0n) is 8.46. The molecule has 0 radical (unpaired) electrons. The number of allylic oxidation sites excluding steroid dienone is 1. The fourth-order valence-corrected chi connectivity index (χ4v) is 1.64. The molecule has 0 atom stereocenters. The molecule has 0 aliphatic heterocycles. The molecular weight excluding hydrogens is 160 g/mol. The molecule has 70 valence electrons. The van der Waals surface area contributed by atoms with Gasteiger partial charge in [0.05, 0.1) is 0 Å². The molecule has 0 heterocycles. The predicted octanol–water partition coefficient (Wildman–Crippen LogP) is 3.30. The Morgan fingerprint density at radius 2 is 2.08 bits per heavy atom. The number of aromatic hydroxyl groups is 1. The molecule has 1 nitrogen and oxygen atoms in total. The second kappa shape index (κ2) is 4.13. The largest absolute Gasteiger partial charge is 0.508 e. The fraction of sp³-hybridized carbons (Fsp3) is 0.333. The minimum absolute atomic E-state index is 0.350. The first kappa shape index (κ1) is 9.85. The van der Waals surface area contributed by atoms with Gasteiger partial charge in [-0.3, -0.25) is 0 Å². The maximum absolute atomic E-state index is 9.41. The summed E-state index contributed by atoms with van der Waals surface area (Å²) in [7, 11) is 0. The first-order valence-corrected chi connectivity index (χ1v) is 4.64. The second-order valence-electron chi connectivity index (χ2n) is 3.18. The van der Waals surface area contributed by atoms with Crippen molar-refractivity contribution in [2.24, 2.45) is 0 Å². The van der Waals surface area contributed by atoms with Gasteiger partial charge in [-0.2, -0.15) is 0 Å². The molecular formula is C12H16O. The highest BCUT2D eigenvalue weighted by atomic mass is 16.3. The van der Waals surface area contributed by atoms with E-state index in [9.17, 15) is 5.11 Å². The summed E-state index contributed by atoms with van der Waals surface area (Å²) in [5, 5.41) is 9.41. The SMILES string of the molecule is C/C=C\c1cc(O)cc(C)c1CC. The molecule has 0 saturated heterocycles. The molecule has 0 aromatic heterocycles. The monoisotopic (exact) mass is 176 g/mol. The molecule has 1 aromatic rings. The molecule has 0 aliphatic carbocycles. The maximum Gasteiger partial charge on any atom is 0.116 e. The zero-order valence-corrected chi connectivity index (χ0v) is 8.46. The average molecular weight is 176 g/mol. The average Bonchev–Trinajstić information content (AvgIpc) is 2.04. The summed E-state index contributed by atoms with van der Waals surface area (Å²) in [5.74, 6) is 0.350. The van der Waals surface area contributed by atoms with Crippen LogP contribution >= 0.6 is 0 Å². The van der Waals surface area contributed by atoms with Crippen LogP contribution in [0.4, 0.5) is 0 Å². The first-order valence-electron chi connectivity index (χ1n) is 4.64. The molecule has 1 rings (SSSR count). The quantitative estimate of drug-likeness (QED) is 0.733. The van der Waals surface area contributed by atoms with Crippen molar-refractivity contribution in [2.45, 2.75) is 27.2 Å². The Morgan fingerprint density at radius 1 is 1.38 bits per heavy atom. The number of benzene rings is 1. The summed E-state index contributed by atoms with van der Waals surface area (Å²) in [5.41, 5.74) is 3.61. The van der Waals surface area contributed by atoms with Gasteiger partial charge < -0.3 is 5.11 Å². The van der Waals surface area contributed by atoms with E-state index in [4.69, 9.17) is 0 Å². The molecule has 0 fully saturated rings. The number of hydrogen-bond donors (Lipinski definition) is 1. The van der Waals surface area contributed by atoms with Crippen molar-refractivity contribution < 1.29 is 5.11 Å². The van der Waals surface area contributed by atoms with Crippen LogP contribution < -0.4 is 0 Å². The standard InChI is InChI=1S/C12H16O/c1-4-6-10-8-11(13)7-9(3)12(10)5-2/h4,6-8,13H,5H2,1-3H3/b6-4-. The zero-order chi connectivity index (χ0) is 9.84. The third-order valence-corrected chi connectivity index (χ3v) is 2.19. The number of phenolic OH excluding ortho intramolecular Hbond substituents is 1. The Balaban J connectivity index is 3.29. The van der Waals surface area contributed by atoms with Crippen LogP contribution in [-0.2, 0) is 6.42 Å². The molecule has 1 heteroatoms. The van der Waals surface area contributed by atoms with Gasteiger partial charge in [-0.05, 0) is 49.1 Å². The summed E-state index contributed by atoms with van der Waals surface area (Å²) >= 11 is 0. The minimum atomic E-state index is 0.350. The summed E-state index contributed by atoms with van der Waals surface area (Å²) in [6.45, 7) is 6.15. The van der Waals surface area contributed by atoms with E-state index in [1.807, 2.05) is 38.1 Å². The Morgan fingerprint density at radius 3 is 2.62 bits per heavy atom. The van der Waals surface area contributed by atoms with Crippen LogP contribution in [0.15, 0.2) is 18.2 Å². The van der Waals surface area contributed by atoms with Crippen molar-refractivity contribution in [1.29, 1.82) is 0 Å². The van der Waals surface area contributed by atoms with Crippen molar-refractivity contribution in [1.82, 2.24) is 0 Å². The lowest BCUT2D eigenvalue weighted by Gasteiger charge is -2.08. The number of rotatable bonds is 2. The lowest BCUT2D eigenvalue weighted by molar-refractivity contribution is 0.474. The fourth-order valence-electron chi connectivity index (χ4n) is 1.64. The van der Waals surface area contributed by atoms with Gasteiger partial charge >= 0.3 is 0 Å². The molecule has 0 spiro atoms. The van der Waals surface area contributed by atoms with Crippen LogP contribution in [0.1, 0.15) is 30.5 Å². The smallest absolute Gasteiger partial charge is 0.116 e. The summed E-state index contributed by atoms with van der Waals surface area (Å²) in [6.07, 6.45) is 5.03. The van der Waals surface area contributed by atoms with Crippen LogP contribution in [0.2, 0.25) is 0 Å². The predicted molar refractivity (Wildman–Crippen MR) is 56.9 cm³/mol. The Hall–Kier alpha value is -1.24. The lowest BCUT2D eigenvalue weighted by atomic mass is 9.99. The second-order valence-corrected chi connectivity index (χ2v) is 3.18. The van der Waals surface area contributed by atoms with Gasteiger partial charge in [0.15, 0.2) is 0 Å². The van der Waals surface area contributed by atoms with E-state index < -0.39 is 0 Å². The number of phenols is 1. The maximum atomic E-state index is 9.41. The van der Waals surface area contributed by atoms with Gasteiger partial charge in [0, 0.05) is 0 Å². The van der Waals surface area contributed by atoms with E-state index in [2.05, 4.69) is 6.92 Å². The number of aryl methyl sites for hydroxylation is 1. The molecule has 0 amide bonds. The van der Waals surface area contributed by atoms with Crippen molar-refractivity contribution in [3.63, 3.8) is 0 Å². The molecule has 1 N–H and O–H groups in total. The Kier molecular flexibility index (Phi) is 3.13. The van der Waals surface area contributed by atoms with E-state index in [0.717, 1.165) is 17.5 Å². The molecule has 0 aliphatic rings. The third-order valence-electron chi connectivity index (χ3n) is 2.19.